The number of nitrogens with one attached hydrogen (secondary N) is 1. The van der Waals surface area contributed by atoms with Crippen molar-refractivity contribution in [3.8, 4) is 11.5 Å². The number of nitrogens with two attached hydrogens (primary N) is 1. The van der Waals surface area contributed by atoms with E-state index in [1.807, 2.05) is 24.3 Å². The SMILES string of the molecule is COc1cc(CNCCc2ccccc2)cc(Cl)c1OCC(N)=O.[Cl-]. The number of hydrogen-bond donors (Lipinski definition) is 2. The minimum Gasteiger partial charge on any atom is -1.00 e. The maximum absolute atomic E-state index is 10.8. The summed E-state index contributed by atoms with van der Waals surface area (Å²) in [5, 5.41) is 3.75. The van der Waals surface area contributed by atoms with E-state index in [0.717, 1.165) is 18.5 Å². The zero-order valence-corrected chi connectivity index (χ0v) is 15.4. The van der Waals surface area contributed by atoms with E-state index in [0.29, 0.717) is 23.1 Å². The first-order valence-electron chi connectivity index (χ1n) is 7.62. The highest BCUT2D eigenvalue weighted by atomic mass is 35.5. The third-order valence-corrected chi connectivity index (χ3v) is 3.69. The summed E-state index contributed by atoms with van der Waals surface area (Å²) in [5.74, 6) is 0.231. The third-order valence-electron chi connectivity index (χ3n) is 3.41. The average Bonchev–Trinajstić information content (AvgIpc) is 2.58. The zero-order chi connectivity index (χ0) is 17.4. The number of carbonyl (C=O) groups excluding carboxylic acids is 1. The highest BCUT2D eigenvalue weighted by Crippen LogP contribution is 2.36. The Balaban J connectivity index is 0.00000312. The summed E-state index contributed by atoms with van der Waals surface area (Å²) in [6.07, 6.45) is 0.950. The van der Waals surface area contributed by atoms with E-state index in [9.17, 15) is 4.79 Å². The van der Waals surface area contributed by atoms with Crippen LogP contribution in [0.25, 0.3) is 0 Å². The molecule has 0 aromatic heterocycles. The Morgan fingerprint density at radius 2 is 1.92 bits per heavy atom. The Labute approximate surface area is 158 Å². The second-order valence-electron chi connectivity index (χ2n) is 5.28. The maximum Gasteiger partial charge on any atom is 0.255 e. The molecular formula is C18H21Cl2N2O3-. The number of methoxy groups -OCH3 is 1. The van der Waals surface area contributed by atoms with Gasteiger partial charge in [0.2, 0.25) is 0 Å². The molecule has 0 fully saturated rings. The van der Waals surface area contributed by atoms with Crippen LogP contribution < -0.4 is 32.9 Å². The van der Waals surface area contributed by atoms with Crippen molar-refractivity contribution in [2.24, 2.45) is 5.73 Å². The van der Waals surface area contributed by atoms with Crippen LogP contribution in [0.4, 0.5) is 0 Å². The number of primary amides is 1. The lowest BCUT2D eigenvalue weighted by Gasteiger charge is -2.14. The molecule has 0 radical (unpaired) electrons. The molecule has 1 amide bonds. The van der Waals surface area contributed by atoms with E-state index in [1.165, 1.54) is 12.7 Å². The molecule has 0 spiro atoms. The van der Waals surface area contributed by atoms with Crippen LogP contribution in [0.15, 0.2) is 42.5 Å². The van der Waals surface area contributed by atoms with Crippen LogP contribution in [-0.4, -0.2) is 26.2 Å². The molecular weight excluding hydrogens is 363 g/mol. The topological polar surface area (TPSA) is 73.6 Å². The van der Waals surface area contributed by atoms with Crippen LogP contribution >= 0.6 is 11.6 Å². The molecule has 2 aromatic carbocycles. The monoisotopic (exact) mass is 383 g/mol. The first kappa shape index (κ1) is 21.1. The van der Waals surface area contributed by atoms with Gasteiger partial charge in [0.25, 0.3) is 5.91 Å². The lowest BCUT2D eigenvalue weighted by Crippen LogP contribution is -3.00. The molecule has 136 valence electrons. The van der Waals surface area contributed by atoms with Crippen molar-refractivity contribution in [3.63, 3.8) is 0 Å². The van der Waals surface area contributed by atoms with Gasteiger partial charge in [-0.2, -0.15) is 0 Å². The second kappa shape index (κ2) is 10.8. The fourth-order valence-corrected chi connectivity index (χ4v) is 2.56. The molecule has 0 saturated heterocycles. The van der Waals surface area contributed by atoms with Gasteiger partial charge in [-0.25, -0.2) is 0 Å². The molecule has 0 aliphatic carbocycles. The average molecular weight is 384 g/mol. The van der Waals surface area contributed by atoms with Gasteiger partial charge in [0, 0.05) is 6.54 Å². The van der Waals surface area contributed by atoms with Gasteiger partial charge >= 0.3 is 0 Å². The van der Waals surface area contributed by atoms with Crippen molar-refractivity contribution in [1.29, 1.82) is 0 Å². The first-order chi connectivity index (χ1) is 11.6. The first-order valence-corrected chi connectivity index (χ1v) is 8.00. The van der Waals surface area contributed by atoms with Crippen molar-refractivity contribution >= 4 is 17.5 Å². The van der Waals surface area contributed by atoms with Crippen LogP contribution in [0.5, 0.6) is 11.5 Å². The summed E-state index contributed by atoms with van der Waals surface area (Å²) >= 11 is 6.22. The van der Waals surface area contributed by atoms with Gasteiger partial charge in [0.15, 0.2) is 18.1 Å². The van der Waals surface area contributed by atoms with Crippen molar-refractivity contribution < 1.29 is 26.7 Å². The lowest BCUT2D eigenvalue weighted by molar-refractivity contribution is -0.119. The molecule has 0 aliphatic heterocycles. The van der Waals surface area contributed by atoms with Crippen LogP contribution in [0.2, 0.25) is 5.02 Å². The largest absolute Gasteiger partial charge is 1.00 e. The maximum atomic E-state index is 10.8. The molecule has 0 atom stereocenters. The van der Waals surface area contributed by atoms with Crippen LogP contribution in [0.3, 0.4) is 0 Å². The molecule has 5 nitrogen and oxygen atoms in total. The number of ether oxygens (including phenoxy) is 2. The predicted molar refractivity (Wildman–Crippen MR) is 94.5 cm³/mol. The minimum atomic E-state index is -0.570. The molecule has 0 aliphatic rings. The number of amides is 1. The highest BCUT2D eigenvalue weighted by Gasteiger charge is 2.13. The number of hydrogen-bond acceptors (Lipinski definition) is 4. The predicted octanol–water partition coefficient (Wildman–Crippen LogP) is -0.451. The minimum absolute atomic E-state index is 0. The van der Waals surface area contributed by atoms with Crippen LogP contribution in [0, 0.1) is 0 Å². The van der Waals surface area contributed by atoms with Crippen LogP contribution in [-0.2, 0) is 17.8 Å². The fourth-order valence-electron chi connectivity index (χ4n) is 2.27. The van der Waals surface area contributed by atoms with E-state index in [4.69, 9.17) is 26.8 Å². The molecule has 25 heavy (non-hydrogen) atoms. The van der Waals surface area contributed by atoms with Crippen LogP contribution in [0.1, 0.15) is 11.1 Å². The standard InChI is InChI=1S/C18H21ClN2O3.ClH/c1-23-16-10-14(9-15(19)18(16)24-12-17(20)22)11-21-8-7-13-5-3-2-4-6-13;/h2-6,9-10,21H,7-8,11-12H2,1H3,(H2,20,22);1H/p-1. The number of benzene rings is 2. The molecule has 2 aromatic rings. The molecule has 0 saturated carbocycles. The van der Waals surface area contributed by atoms with Gasteiger partial charge in [0.1, 0.15) is 0 Å². The fraction of sp³-hybridized carbons (Fsp3) is 0.278. The summed E-state index contributed by atoms with van der Waals surface area (Å²) < 4.78 is 10.6. The Bertz CT molecular complexity index is 682. The Morgan fingerprint density at radius 1 is 1.20 bits per heavy atom. The summed E-state index contributed by atoms with van der Waals surface area (Å²) in [6, 6.07) is 13.9. The zero-order valence-electron chi connectivity index (χ0n) is 13.9. The smallest absolute Gasteiger partial charge is 0.255 e. The molecule has 0 bridgehead atoms. The van der Waals surface area contributed by atoms with Gasteiger partial charge in [0.05, 0.1) is 12.1 Å². The summed E-state index contributed by atoms with van der Waals surface area (Å²) in [4.78, 5) is 10.8. The van der Waals surface area contributed by atoms with Crippen molar-refractivity contribution in [2.45, 2.75) is 13.0 Å². The van der Waals surface area contributed by atoms with Gasteiger partial charge in [-0.3, -0.25) is 4.79 Å². The van der Waals surface area contributed by atoms with Gasteiger partial charge in [-0.15, -0.1) is 0 Å². The van der Waals surface area contributed by atoms with E-state index >= 15 is 0 Å². The highest BCUT2D eigenvalue weighted by molar-refractivity contribution is 6.32. The summed E-state index contributed by atoms with van der Waals surface area (Å²) in [6.45, 7) is 1.26. The number of halogens is 2. The lowest BCUT2D eigenvalue weighted by atomic mass is 10.1. The van der Waals surface area contributed by atoms with E-state index in [1.54, 1.807) is 6.07 Å². The molecule has 7 heteroatoms. The van der Waals surface area contributed by atoms with E-state index < -0.39 is 5.91 Å². The van der Waals surface area contributed by atoms with Crippen molar-refractivity contribution in [1.82, 2.24) is 5.32 Å². The number of rotatable bonds is 9. The molecule has 0 heterocycles. The number of carbonyl (C=O) groups is 1. The Hall–Kier alpha value is -1.95. The summed E-state index contributed by atoms with van der Waals surface area (Å²) in [7, 11) is 1.52. The second-order valence-corrected chi connectivity index (χ2v) is 5.68. The quantitative estimate of drug-likeness (QED) is 0.575. The van der Waals surface area contributed by atoms with Gasteiger partial charge in [-0.1, -0.05) is 41.9 Å². The van der Waals surface area contributed by atoms with E-state index in [-0.39, 0.29) is 19.0 Å². The molecule has 2 rings (SSSR count). The molecule has 0 unspecified atom stereocenters. The van der Waals surface area contributed by atoms with E-state index in [2.05, 4.69) is 17.4 Å². The third kappa shape index (κ3) is 6.82. The summed E-state index contributed by atoms with van der Waals surface area (Å²) in [5.41, 5.74) is 7.34. The Kier molecular flexibility index (Phi) is 9.13. The van der Waals surface area contributed by atoms with Crippen molar-refractivity contribution in [3.05, 3.63) is 58.6 Å². The normalized spacial score (nSPS) is 10.0. The van der Waals surface area contributed by atoms with Gasteiger partial charge < -0.3 is 32.9 Å². The van der Waals surface area contributed by atoms with Crippen molar-refractivity contribution in [2.75, 3.05) is 20.3 Å². The van der Waals surface area contributed by atoms with Gasteiger partial charge in [-0.05, 0) is 36.2 Å². The molecule has 3 N–H and O–H groups in total. The Morgan fingerprint density at radius 3 is 2.56 bits per heavy atom.